The first-order valence-corrected chi connectivity index (χ1v) is 11.9. The lowest BCUT2D eigenvalue weighted by Crippen LogP contribution is -2.16. The lowest BCUT2D eigenvalue weighted by molar-refractivity contribution is 0.102. The number of hydrogen-bond acceptors (Lipinski definition) is 5. The molecule has 10 heteroatoms. The van der Waals surface area contributed by atoms with Crippen LogP contribution in [0.15, 0.2) is 42.5 Å². The number of anilines is 2. The van der Waals surface area contributed by atoms with Gasteiger partial charge in [0, 0.05) is 11.8 Å². The number of rotatable bonds is 8. The molecule has 3 rings (SSSR count). The fraction of sp³-hybridized carbons (Fsp3) is 0.273. The van der Waals surface area contributed by atoms with Crippen molar-refractivity contribution in [2.75, 3.05) is 22.9 Å². The third-order valence-electron chi connectivity index (χ3n) is 4.85. The van der Waals surface area contributed by atoms with Gasteiger partial charge in [0.15, 0.2) is 0 Å². The molecule has 0 fully saturated rings. The molecule has 8 nitrogen and oxygen atoms in total. The molecule has 2 aromatic carbocycles. The van der Waals surface area contributed by atoms with Crippen LogP contribution in [-0.2, 0) is 16.6 Å². The van der Waals surface area contributed by atoms with Gasteiger partial charge in [0.1, 0.15) is 10.9 Å². The standard InChI is InChI=1S/C22H25ClN4O4S/c1-5-32(29,30)26-18-11-10-17(12-19(18)31-4)24-22(28)20-15(3)25-27(21(20)23)13-16-8-6-14(2)7-9-16/h6-12,26H,5,13H2,1-4H3,(H,24,28). The zero-order valence-corrected chi connectivity index (χ0v) is 19.8. The molecular weight excluding hydrogens is 452 g/mol. The summed E-state index contributed by atoms with van der Waals surface area (Å²) in [5.41, 5.74) is 3.65. The monoisotopic (exact) mass is 476 g/mol. The highest BCUT2D eigenvalue weighted by atomic mass is 35.5. The summed E-state index contributed by atoms with van der Waals surface area (Å²) in [5, 5.41) is 7.42. The molecule has 0 aliphatic rings. The van der Waals surface area contributed by atoms with Gasteiger partial charge in [-0.1, -0.05) is 41.4 Å². The molecule has 32 heavy (non-hydrogen) atoms. The average molecular weight is 477 g/mol. The second-order valence-electron chi connectivity index (χ2n) is 7.27. The van der Waals surface area contributed by atoms with E-state index in [4.69, 9.17) is 16.3 Å². The molecule has 1 aromatic heterocycles. The summed E-state index contributed by atoms with van der Waals surface area (Å²) in [6.45, 7) is 5.70. The SMILES string of the molecule is CCS(=O)(=O)Nc1ccc(NC(=O)c2c(C)nn(Cc3ccc(C)cc3)c2Cl)cc1OC. The van der Waals surface area contributed by atoms with Crippen LogP contribution < -0.4 is 14.8 Å². The van der Waals surface area contributed by atoms with Gasteiger partial charge in [-0.3, -0.25) is 9.52 Å². The minimum absolute atomic E-state index is 0.0704. The third-order valence-corrected chi connectivity index (χ3v) is 6.53. The number of carbonyl (C=O) groups is 1. The Labute approximate surface area is 192 Å². The summed E-state index contributed by atoms with van der Waals surface area (Å²) in [6.07, 6.45) is 0. The summed E-state index contributed by atoms with van der Waals surface area (Å²) in [4.78, 5) is 12.9. The van der Waals surface area contributed by atoms with Crippen molar-refractivity contribution in [1.29, 1.82) is 0 Å². The number of ether oxygens (including phenoxy) is 1. The molecule has 0 radical (unpaired) electrons. The number of sulfonamides is 1. The Bertz CT molecular complexity index is 1240. The van der Waals surface area contributed by atoms with E-state index < -0.39 is 15.9 Å². The van der Waals surface area contributed by atoms with Crippen molar-refractivity contribution in [3.8, 4) is 5.75 Å². The number of nitrogens with one attached hydrogen (secondary N) is 2. The number of hydrogen-bond donors (Lipinski definition) is 2. The number of aryl methyl sites for hydroxylation is 2. The van der Waals surface area contributed by atoms with Crippen molar-refractivity contribution in [3.63, 3.8) is 0 Å². The Morgan fingerprint density at radius 3 is 2.47 bits per heavy atom. The summed E-state index contributed by atoms with van der Waals surface area (Å²) in [5.74, 6) is -0.219. The second kappa shape index (κ2) is 9.62. The van der Waals surface area contributed by atoms with Gasteiger partial charge in [-0.2, -0.15) is 5.10 Å². The molecule has 0 spiro atoms. The van der Waals surface area contributed by atoms with Crippen LogP contribution in [0, 0.1) is 13.8 Å². The average Bonchev–Trinajstić information content (AvgIpc) is 3.03. The van der Waals surface area contributed by atoms with Crippen LogP contribution in [0.25, 0.3) is 0 Å². The molecule has 0 saturated heterocycles. The van der Waals surface area contributed by atoms with Crippen LogP contribution in [0.5, 0.6) is 5.75 Å². The van der Waals surface area contributed by atoms with E-state index in [1.165, 1.54) is 26.2 Å². The predicted octanol–water partition coefficient (Wildman–Crippen LogP) is 4.22. The maximum Gasteiger partial charge on any atom is 0.260 e. The van der Waals surface area contributed by atoms with Crippen LogP contribution >= 0.6 is 11.6 Å². The zero-order valence-electron chi connectivity index (χ0n) is 18.3. The number of methoxy groups -OCH3 is 1. The number of nitrogens with zero attached hydrogens (tertiary/aromatic N) is 2. The maximum absolute atomic E-state index is 12.9. The summed E-state index contributed by atoms with van der Waals surface area (Å²) < 4.78 is 33.0. The first-order valence-electron chi connectivity index (χ1n) is 9.92. The van der Waals surface area contributed by atoms with Gasteiger partial charge in [-0.15, -0.1) is 0 Å². The normalized spacial score (nSPS) is 11.3. The summed E-state index contributed by atoms with van der Waals surface area (Å²) in [6, 6.07) is 12.6. The highest BCUT2D eigenvalue weighted by Crippen LogP contribution is 2.30. The Hall–Kier alpha value is -3.04. The van der Waals surface area contributed by atoms with Gasteiger partial charge < -0.3 is 10.1 Å². The van der Waals surface area contributed by atoms with Crippen LogP contribution in [-0.4, -0.2) is 37.0 Å². The Kier molecular flexibility index (Phi) is 7.10. The first kappa shape index (κ1) is 23.6. The molecule has 0 bridgehead atoms. The quantitative estimate of drug-likeness (QED) is 0.506. The number of benzene rings is 2. The van der Waals surface area contributed by atoms with Crippen molar-refractivity contribution in [2.45, 2.75) is 27.3 Å². The summed E-state index contributed by atoms with van der Waals surface area (Å²) in [7, 11) is -2.05. The van der Waals surface area contributed by atoms with Crippen molar-refractivity contribution in [3.05, 3.63) is 70.0 Å². The molecule has 0 atom stereocenters. The largest absolute Gasteiger partial charge is 0.494 e. The fourth-order valence-electron chi connectivity index (χ4n) is 3.07. The molecule has 170 valence electrons. The minimum Gasteiger partial charge on any atom is -0.494 e. The van der Waals surface area contributed by atoms with E-state index in [2.05, 4.69) is 15.1 Å². The van der Waals surface area contributed by atoms with Crippen molar-refractivity contribution in [1.82, 2.24) is 9.78 Å². The van der Waals surface area contributed by atoms with E-state index in [-0.39, 0.29) is 27.9 Å². The van der Waals surface area contributed by atoms with E-state index in [0.29, 0.717) is 17.9 Å². The number of amides is 1. The van der Waals surface area contributed by atoms with Crippen LogP contribution in [0.2, 0.25) is 5.15 Å². The number of halogens is 1. The van der Waals surface area contributed by atoms with Gasteiger partial charge in [0.25, 0.3) is 5.91 Å². The number of aromatic nitrogens is 2. The van der Waals surface area contributed by atoms with E-state index >= 15 is 0 Å². The lowest BCUT2D eigenvalue weighted by atomic mass is 10.1. The van der Waals surface area contributed by atoms with E-state index in [1.807, 2.05) is 31.2 Å². The van der Waals surface area contributed by atoms with Crippen molar-refractivity contribution in [2.24, 2.45) is 0 Å². The van der Waals surface area contributed by atoms with Crippen LogP contribution in [0.4, 0.5) is 11.4 Å². The zero-order chi connectivity index (χ0) is 23.5. The molecular formula is C22H25ClN4O4S. The van der Waals surface area contributed by atoms with Gasteiger partial charge in [-0.25, -0.2) is 13.1 Å². The van der Waals surface area contributed by atoms with Gasteiger partial charge in [0.2, 0.25) is 10.0 Å². The van der Waals surface area contributed by atoms with Gasteiger partial charge in [0.05, 0.1) is 36.4 Å². The molecule has 0 unspecified atom stereocenters. The minimum atomic E-state index is -3.47. The van der Waals surface area contributed by atoms with Crippen molar-refractivity contribution < 1.29 is 17.9 Å². The fourth-order valence-corrected chi connectivity index (χ4v) is 4.04. The number of carbonyl (C=O) groups excluding carboxylic acids is 1. The maximum atomic E-state index is 12.9. The first-order chi connectivity index (χ1) is 15.1. The van der Waals surface area contributed by atoms with E-state index in [0.717, 1.165) is 11.1 Å². The Balaban J connectivity index is 1.81. The Morgan fingerprint density at radius 2 is 1.84 bits per heavy atom. The van der Waals surface area contributed by atoms with E-state index in [9.17, 15) is 13.2 Å². The second-order valence-corrected chi connectivity index (χ2v) is 9.64. The molecule has 1 amide bonds. The molecule has 3 aromatic rings. The molecule has 0 saturated carbocycles. The predicted molar refractivity (Wildman–Crippen MR) is 126 cm³/mol. The third kappa shape index (κ3) is 5.41. The Morgan fingerprint density at radius 1 is 1.16 bits per heavy atom. The smallest absolute Gasteiger partial charge is 0.260 e. The van der Waals surface area contributed by atoms with E-state index in [1.54, 1.807) is 17.7 Å². The van der Waals surface area contributed by atoms with Crippen LogP contribution in [0.3, 0.4) is 0 Å². The topological polar surface area (TPSA) is 102 Å². The summed E-state index contributed by atoms with van der Waals surface area (Å²) >= 11 is 6.48. The molecule has 1 heterocycles. The molecule has 2 N–H and O–H groups in total. The lowest BCUT2D eigenvalue weighted by Gasteiger charge is -2.13. The highest BCUT2D eigenvalue weighted by Gasteiger charge is 2.21. The highest BCUT2D eigenvalue weighted by molar-refractivity contribution is 7.92. The van der Waals surface area contributed by atoms with Crippen molar-refractivity contribution >= 4 is 38.9 Å². The van der Waals surface area contributed by atoms with Crippen LogP contribution in [0.1, 0.15) is 34.1 Å². The molecule has 0 aliphatic heterocycles. The van der Waals surface area contributed by atoms with Gasteiger partial charge >= 0.3 is 0 Å². The molecule has 0 aliphatic carbocycles. The van der Waals surface area contributed by atoms with Gasteiger partial charge in [-0.05, 0) is 38.5 Å².